The lowest BCUT2D eigenvalue weighted by molar-refractivity contribution is -0.103. The van der Waals surface area contributed by atoms with E-state index in [4.69, 9.17) is 29.7 Å². The van der Waals surface area contributed by atoms with Crippen molar-refractivity contribution in [2.24, 2.45) is 5.41 Å². The van der Waals surface area contributed by atoms with Gasteiger partial charge in [0, 0.05) is 38.5 Å². The predicted molar refractivity (Wildman–Crippen MR) is 182 cm³/mol. The predicted octanol–water partition coefficient (Wildman–Crippen LogP) is 3.67. The lowest BCUT2D eigenvalue weighted by atomic mass is 9.90. The summed E-state index contributed by atoms with van der Waals surface area (Å²) in [4.78, 5) is 53.5. The van der Waals surface area contributed by atoms with Gasteiger partial charge in [-0.2, -0.15) is 8.42 Å². The van der Waals surface area contributed by atoms with Gasteiger partial charge in [-0.15, -0.1) is 0 Å². The lowest BCUT2D eigenvalue weighted by Gasteiger charge is -2.26. The van der Waals surface area contributed by atoms with E-state index in [-0.39, 0.29) is 58.7 Å². The number of ether oxygens (including phenoxy) is 3. The number of amides is 3. The minimum Gasteiger partial charge on any atom is -0.493 e. The van der Waals surface area contributed by atoms with Crippen LogP contribution >= 0.6 is 0 Å². The number of nitrogens with two attached hydrogens (primary N) is 1. The van der Waals surface area contributed by atoms with Crippen molar-refractivity contribution in [3.05, 3.63) is 65.2 Å². The van der Waals surface area contributed by atoms with Crippen LogP contribution in [-0.4, -0.2) is 82.1 Å². The summed E-state index contributed by atoms with van der Waals surface area (Å²) in [6.07, 6.45) is -0.463. The first-order valence-electron chi connectivity index (χ1n) is 15.4. The second-order valence-electron chi connectivity index (χ2n) is 12.6. The van der Waals surface area contributed by atoms with E-state index in [1.807, 2.05) is 13.8 Å². The Labute approximate surface area is 289 Å². The first-order chi connectivity index (χ1) is 23.6. The highest BCUT2D eigenvalue weighted by molar-refractivity contribution is 7.86. The van der Waals surface area contributed by atoms with Crippen molar-refractivity contribution in [2.45, 2.75) is 38.3 Å². The molecular formula is C33H39N5O11S. The Bertz CT molecular complexity index is 1920. The maximum absolute atomic E-state index is 13.7. The van der Waals surface area contributed by atoms with Crippen LogP contribution < -0.4 is 40.5 Å². The Morgan fingerprint density at radius 2 is 1.66 bits per heavy atom. The molecule has 3 aromatic carbocycles. The fourth-order valence-corrected chi connectivity index (χ4v) is 6.90. The number of hydrogen-bond donors (Lipinski definition) is 4. The molecule has 5 rings (SSSR count). The standard InChI is InChI=1S/C33H39N5O11S/c1-33(2)15-24-30(50(42,43)44)36-22-13-27(25(45-5)11-20(22)31(40)38(24)17-33)48-49-28-14-23(21(29(39)35-3)12-26(28)46-6)37(4)32(41)47-16-18-7-9-19(34)10-8-18/h7-14,24,30,36H,15-17,34H2,1-6H3,(H,35,39)(H,42,43,44). The maximum Gasteiger partial charge on any atom is 0.414 e. The zero-order chi connectivity index (χ0) is 36.5. The van der Waals surface area contributed by atoms with Crippen molar-refractivity contribution < 1.29 is 51.3 Å². The van der Waals surface area contributed by atoms with Crippen LogP contribution in [0, 0.1) is 5.41 Å². The third kappa shape index (κ3) is 7.28. The first kappa shape index (κ1) is 35.9. The van der Waals surface area contributed by atoms with Crippen LogP contribution in [0.15, 0.2) is 48.5 Å². The number of fused-ring (bicyclic) bond motifs is 2. The Morgan fingerprint density at radius 3 is 2.26 bits per heavy atom. The Kier molecular flexibility index (Phi) is 9.92. The molecule has 0 spiro atoms. The summed E-state index contributed by atoms with van der Waals surface area (Å²) in [6, 6.07) is 11.3. The van der Waals surface area contributed by atoms with Crippen molar-refractivity contribution in [1.29, 1.82) is 0 Å². The molecule has 17 heteroatoms. The van der Waals surface area contributed by atoms with Crippen LogP contribution in [0.5, 0.6) is 23.0 Å². The van der Waals surface area contributed by atoms with Crippen LogP contribution in [-0.2, 0) is 21.5 Å². The molecule has 0 aromatic heterocycles. The Hall–Kier alpha value is -5.42. The number of carbonyl (C=O) groups excluding carboxylic acids is 3. The monoisotopic (exact) mass is 713 g/mol. The number of rotatable bonds is 10. The van der Waals surface area contributed by atoms with Gasteiger partial charge in [0.15, 0.2) is 16.9 Å². The van der Waals surface area contributed by atoms with Gasteiger partial charge in [0.25, 0.3) is 21.9 Å². The molecule has 2 aliphatic rings. The SMILES string of the molecule is CNC(=O)c1cc(OC)c(OOc2cc3c(cc2OC)C(=O)N2CC(C)(C)CC2C(S(=O)(=O)O)N3)cc1N(C)C(=O)OCc1ccc(N)cc1. The van der Waals surface area contributed by atoms with Crippen molar-refractivity contribution in [3.8, 4) is 23.0 Å². The first-order valence-corrected chi connectivity index (χ1v) is 16.9. The van der Waals surface area contributed by atoms with E-state index in [2.05, 4.69) is 10.6 Å². The van der Waals surface area contributed by atoms with Gasteiger partial charge in [0.2, 0.25) is 11.5 Å². The van der Waals surface area contributed by atoms with Crippen molar-refractivity contribution in [3.63, 3.8) is 0 Å². The minimum absolute atomic E-state index is 0.0488. The highest BCUT2D eigenvalue weighted by Gasteiger charge is 2.50. The molecule has 2 aliphatic heterocycles. The zero-order valence-electron chi connectivity index (χ0n) is 28.3. The third-order valence-electron chi connectivity index (χ3n) is 8.48. The molecule has 1 saturated heterocycles. The average Bonchev–Trinajstić information content (AvgIpc) is 3.36. The van der Waals surface area contributed by atoms with Gasteiger partial charge in [0.1, 0.15) is 6.61 Å². The van der Waals surface area contributed by atoms with Crippen LogP contribution in [0.2, 0.25) is 0 Å². The van der Waals surface area contributed by atoms with E-state index in [1.165, 1.54) is 57.5 Å². The third-order valence-corrected chi connectivity index (χ3v) is 9.55. The number of nitrogens with zero attached hydrogens (tertiary/aromatic N) is 2. The normalized spacial score (nSPS) is 17.7. The summed E-state index contributed by atoms with van der Waals surface area (Å²) >= 11 is 0. The maximum atomic E-state index is 13.7. The van der Waals surface area contributed by atoms with Crippen molar-refractivity contribution in [1.82, 2.24) is 10.2 Å². The molecule has 0 aliphatic carbocycles. The summed E-state index contributed by atoms with van der Waals surface area (Å²) in [5.41, 5.74) is 6.85. The zero-order valence-corrected chi connectivity index (χ0v) is 29.1. The van der Waals surface area contributed by atoms with Gasteiger partial charge in [-0.25, -0.2) is 4.79 Å². The summed E-state index contributed by atoms with van der Waals surface area (Å²) in [7, 11) is 0.830. The van der Waals surface area contributed by atoms with E-state index in [9.17, 15) is 27.4 Å². The van der Waals surface area contributed by atoms with Gasteiger partial charge in [-0.05, 0) is 41.7 Å². The van der Waals surface area contributed by atoms with E-state index in [1.54, 1.807) is 24.3 Å². The van der Waals surface area contributed by atoms with Crippen LogP contribution in [0.3, 0.4) is 0 Å². The molecule has 0 bridgehead atoms. The fourth-order valence-electron chi connectivity index (χ4n) is 5.98. The highest BCUT2D eigenvalue weighted by atomic mass is 32.2. The van der Waals surface area contributed by atoms with Gasteiger partial charge in [0.05, 0.1) is 42.8 Å². The molecule has 3 amide bonds. The number of carbonyl (C=O) groups is 3. The van der Waals surface area contributed by atoms with E-state index < -0.39 is 44.9 Å². The fraction of sp³-hybridized carbons (Fsp3) is 0.364. The van der Waals surface area contributed by atoms with Gasteiger partial charge in [-0.3, -0.25) is 28.8 Å². The number of benzene rings is 3. The molecule has 0 saturated carbocycles. The number of methoxy groups -OCH3 is 2. The number of hydrogen-bond acceptors (Lipinski definition) is 12. The molecule has 5 N–H and O–H groups in total. The second kappa shape index (κ2) is 13.8. The molecule has 2 heterocycles. The molecule has 2 atom stereocenters. The molecule has 268 valence electrons. The smallest absolute Gasteiger partial charge is 0.414 e. The van der Waals surface area contributed by atoms with Gasteiger partial charge in [-0.1, -0.05) is 26.0 Å². The topological polar surface area (TPSA) is 208 Å². The molecule has 3 aromatic rings. The second-order valence-corrected chi connectivity index (χ2v) is 14.2. The Balaban J connectivity index is 1.46. The summed E-state index contributed by atoms with van der Waals surface area (Å²) in [6.45, 7) is 4.03. The van der Waals surface area contributed by atoms with E-state index >= 15 is 0 Å². The quantitative estimate of drug-likeness (QED) is 0.102. The van der Waals surface area contributed by atoms with Crippen LogP contribution in [0.1, 0.15) is 46.5 Å². The van der Waals surface area contributed by atoms with Gasteiger partial charge < -0.3 is 35.5 Å². The van der Waals surface area contributed by atoms with Crippen LogP contribution in [0.4, 0.5) is 21.9 Å². The summed E-state index contributed by atoms with van der Waals surface area (Å²) < 4.78 is 51.7. The molecule has 16 nitrogen and oxygen atoms in total. The summed E-state index contributed by atoms with van der Waals surface area (Å²) in [5.74, 6) is -1.05. The number of anilines is 3. The molecule has 50 heavy (non-hydrogen) atoms. The van der Waals surface area contributed by atoms with Crippen molar-refractivity contribution in [2.75, 3.05) is 50.8 Å². The molecule has 1 fully saturated rings. The molecule has 0 radical (unpaired) electrons. The largest absolute Gasteiger partial charge is 0.493 e. The van der Waals surface area contributed by atoms with Crippen molar-refractivity contribution >= 4 is 45.1 Å². The van der Waals surface area contributed by atoms with E-state index in [0.29, 0.717) is 17.7 Å². The molecular weight excluding hydrogens is 674 g/mol. The van der Waals surface area contributed by atoms with E-state index in [0.717, 1.165) is 4.90 Å². The number of nitrogen functional groups attached to an aromatic ring is 1. The van der Waals surface area contributed by atoms with Crippen LogP contribution in [0.25, 0.3) is 0 Å². The molecule has 2 unspecified atom stereocenters. The highest BCUT2D eigenvalue weighted by Crippen LogP contribution is 2.44. The lowest BCUT2D eigenvalue weighted by Crippen LogP contribution is -2.47. The summed E-state index contributed by atoms with van der Waals surface area (Å²) in [5, 5.41) is 3.82. The Morgan fingerprint density at radius 1 is 1.04 bits per heavy atom. The number of nitrogens with one attached hydrogen (secondary N) is 2. The van der Waals surface area contributed by atoms with Gasteiger partial charge >= 0.3 is 6.09 Å². The average molecular weight is 714 g/mol. The minimum atomic E-state index is -4.67.